The van der Waals surface area contributed by atoms with E-state index in [4.69, 9.17) is 9.47 Å². The summed E-state index contributed by atoms with van der Waals surface area (Å²) in [5.41, 5.74) is 1.68. The molecule has 0 aliphatic heterocycles. The average molecular weight is 415 g/mol. The molecule has 0 saturated carbocycles. The van der Waals surface area contributed by atoms with E-state index < -0.39 is 24.2 Å². The Kier molecular flexibility index (Phi) is 7.69. The zero-order valence-corrected chi connectivity index (χ0v) is 17.6. The minimum atomic E-state index is -0.673. The molecule has 0 atom stereocenters. The van der Waals surface area contributed by atoms with Gasteiger partial charge in [0.15, 0.2) is 24.0 Å². The van der Waals surface area contributed by atoms with Crippen molar-refractivity contribution in [2.75, 3.05) is 20.3 Å². The van der Waals surface area contributed by atoms with Crippen molar-refractivity contribution >= 4 is 17.7 Å². The summed E-state index contributed by atoms with van der Waals surface area (Å²) in [5, 5.41) is 2.64. The van der Waals surface area contributed by atoms with Crippen molar-refractivity contribution in [3.63, 3.8) is 0 Å². The van der Waals surface area contributed by atoms with Crippen molar-refractivity contribution in [2.24, 2.45) is 0 Å². The number of hydrogen-bond acceptors (Lipinski definition) is 5. The number of Topliss-reactive ketones (excluding diaryl/α,β-unsaturated/α-hetero) is 1. The van der Waals surface area contributed by atoms with Crippen LogP contribution in [-0.2, 0) is 14.9 Å². The van der Waals surface area contributed by atoms with Crippen molar-refractivity contribution in [1.29, 1.82) is 0 Å². The largest absolute Gasteiger partial charge is 0.494 e. The SMILES string of the molecule is COc1ccc(C(=O)COC(=O)CCNC(=O)c2ccc(C(C)(C)C)cc2)cc1F. The van der Waals surface area contributed by atoms with Gasteiger partial charge in [0, 0.05) is 17.7 Å². The zero-order valence-electron chi connectivity index (χ0n) is 17.6. The average Bonchev–Trinajstić information content (AvgIpc) is 2.71. The van der Waals surface area contributed by atoms with Gasteiger partial charge in [-0.2, -0.15) is 0 Å². The van der Waals surface area contributed by atoms with Crippen LogP contribution in [0.3, 0.4) is 0 Å². The molecule has 0 spiro atoms. The predicted molar refractivity (Wildman–Crippen MR) is 110 cm³/mol. The Labute approximate surface area is 175 Å². The highest BCUT2D eigenvalue weighted by atomic mass is 19.1. The van der Waals surface area contributed by atoms with Crippen LogP contribution in [0, 0.1) is 5.82 Å². The number of carbonyl (C=O) groups excluding carboxylic acids is 3. The maximum absolute atomic E-state index is 13.6. The third-order valence-corrected chi connectivity index (χ3v) is 4.47. The number of nitrogens with one attached hydrogen (secondary N) is 1. The fourth-order valence-electron chi connectivity index (χ4n) is 2.64. The maximum atomic E-state index is 13.6. The van der Waals surface area contributed by atoms with Gasteiger partial charge in [0.05, 0.1) is 13.5 Å². The zero-order chi connectivity index (χ0) is 22.3. The molecule has 0 aromatic heterocycles. The molecule has 0 bridgehead atoms. The van der Waals surface area contributed by atoms with Crippen LogP contribution >= 0.6 is 0 Å². The lowest BCUT2D eigenvalue weighted by atomic mass is 9.87. The van der Waals surface area contributed by atoms with Crippen molar-refractivity contribution < 1.29 is 28.2 Å². The van der Waals surface area contributed by atoms with E-state index in [1.54, 1.807) is 12.1 Å². The van der Waals surface area contributed by atoms with E-state index in [0.717, 1.165) is 11.6 Å². The molecule has 0 aliphatic carbocycles. The first-order chi connectivity index (χ1) is 14.1. The summed E-state index contributed by atoms with van der Waals surface area (Å²) < 4.78 is 23.3. The molecule has 0 radical (unpaired) electrons. The number of hydrogen-bond donors (Lipinski definition) is 1. The molecule has 0 aliphatic rings. The Morgan fingerprint density at radius 3 is 2.20 bits per heavy atom. The molecule has 0 unspecified atom stereocenters. The van der Waals surface area contributed by atoms with Gasteiger partial charge < -0.3 is 14.8 Å². The molecule has 0 fully saturated rings. The Morgan fingerprint density at radius 1 is 1.00 bits per heavy atom. The van der Waals surface area contributed by atoms with Crippen molar-refractivity contribution in [1.82, 2.24) is 5.32 Å². The van der Waals surface area contributed by atoms with Gasteiger partial charge in [0.2, 0.25) is 0 Å². The van der Waals surface area contributed by atoms with Gasteiger partial charge in [-0.25, -0.2) is 4.39 Å². The number of halogens is 1. The Bertz CT molecular complexity index is 916. The van der Waals surface area contributed by atoms with E-state index in [2.05, 4.69) is 26.1 Å². The van der Waals surface area contributed by atoms with Crippen LogP contribution in [0.2, 0.25) is 0 Å². The van der Waals surface area contributed by atoms with Gasteiger partial charge in [-0.3, -0.25) is 14.4 Å². The molecular weight excluding hydrogens is 389 g/mol. The van der Waals surface area contributed by atoms with E-state index >= 15 is 0 Å². The number of rotatable bonds is 8. The minimum Gasteiger partial charge on any atom is -0.494 e. The van der Waals surface area contributed by atoms with E-state index in [1.165, 1.54) is 19.2 Å². The lowest BCUT2D eigenvalue weighted by Crippen LogP contribution is -2.27. The number of carbonyl (C=O) groups is 3. The molecule has 1 amide bonds. The molecule has 7 heteroatoms. The molecular formula is C23H26FNO5. The molecule has 30 heavy (non-hydrogen) atoms. The van der Waals surface area contributed by atoms with Crippen LogP contribution in [0.15, 0.2) is 42.5 Å². The van der Waals surface area contributed by atoms with Crippen LogP contribution in [0.5, 0.6) is 5.75 Å². The van der Waals surface area contributed by atoms with Crippen molar-refractivity contribution in [3.05, 3.63) is 65.0 Å². The lowest BCUT2D eigenvalue weighted by Gasteiger charge is -2.19. The predicted octanol–water partition coefficient (Wildman–Crippen LogP) is 3.68. The second kappa shape index (κ2) is 10.0. The summed E-state index contributed by atoms with van der Waals surface area (Å²) in [4.78, 5) is 36.0. The fraction of sp³-hybridized carbons (Fsp3) is 0.348. The summed E-state index contributed by atoms with van der Waals surface area (Å²) in [6.45, 7) is 5.83. The highest BCUT2D eigenvalue weighted by molar-refractivity contribution is 5.98. The molecule has 6 nitrogen and oxygen atoms in total. The van der Waals surface area contributed by atoms with Gasteiger partial charge in [-0.1, -0.05) is 32.9 Å². The van der Waals surface area contributed by atoms with Crippen LogP contribution in [0.1, 0.15) is 53.5 Å². The Morgan fingerprint density at radius 2 is 1.63 bits per heavy atom. The second-order valence-corrected chi connectivity index (χ2v) is 7.77. The van der Waals surface area contributed by atoms with Crippen molar-refractivity contribution in [2.45, 2.75) is 32.6 Å². The third-order valence-electron chi connectivity index (χ3n) is 4.47. The number of amides is 1. The normalized spacial score (nSPS) is 11.0. The topological polar surface area (TPSA) is 81.7 Å². The number of benzene rings is 2. The first-order valence-electron chi connectivity index (χ1n) is 9.53. The first-order valence-corrected chi connectivity index (χ1v) is 9.53. The highest BCUT2D eigenvalue weighted by Crippen LogP contribution is 2.22. The third kappa shape index (κ3) is 6.40. The summed E-state index contributed by atoms with van der Waals surface area (Å²) in [6.07, 6.45) is -0.0872. The van der Waals surface area contributed by atoms with Gasteiger partial charge in [-0.15, -0.1) is 0 Å². The van der Waals surface area contributed by atoms with Crippen molar-refractivity contribution in [3.8, 4) is 5.75 Å². The van der Waals surface area contributed by atoms with Crippen LogP contribution in [0.25, 0.3) is 0 Å². The molecule has 0 saturated heterocycles. The number of ether oxygens (including phenoxy) is 2. The molecule has 2 rings (SSSR count). The Balaban J connectivity index is 1.76. The van der Waals surface area contributed by atoms with Crippen LogP contribution in [-0.4, -0.2) is 37.9 Å². The lowest BCUT2D eigenvalue weighted by molar-refractivity contribution is -0.142. The van der Waals surface area contributed by atoms with E-state index in [9.17, 15) is 18.8 Å². The number of esters is 1. The molecule has 2 aromatic carbocycles. The number of methoxy groups -OCH3 is 1. The van der Waals surface area contributed by atoms with Gasteiger partial charge in [0.25, 0.3) is 5.91 Å². The molecule has 160 valence electrons. The molecule has 0 heterocycles. The summed E-state index contributed by atoms with van der Waals surface area (Å²) in [5.74, 6) is -2.12. The Hall–Kier alpha value is -3.22. The summed E-state index contributed by atoms with van der Waals surface area (Å²) in [6, 6.07) is 11.0. The smallest absolute Gasteiger partial charge is 0.308 e. The van der Waals surface area contributed by atoms with Crippen LogP contribution < -0.4 is 10.1 Å². The summed E-state index contributed by atoms with van der Waals surface area (Å²) in [7, 11) is 1.32. The van der Waals surface area contributed by atoms with E-state index in [1.807, 2.05) is 12.1 Å². The highest BCUT2D eigenvalue weighted by Gasteiger charge is 2.15. The van der Waals surface area contributed by atoms with E-state index in [0.29, 0.717) is 5.56 Å². The van der Waals surface area contributed by atoms with Gasteiger partial charge >= 0.3 is 5.97 Å². The first kappa shape index (κ1) is 23.1. The van der Waals surface area contributed by atoms with E-state index in [-0.39, 0.29) is 35.6 Å². The molecule has 2 aromatic rings. The minimum absolute atomic E-state index is 0.00616. The fourth-order valence-corrected chi connectivity index (χ4v) is 2.64. The number of ketones is 1. The maximum Gasteiger partial charge on any atom is 0.308 e. The molecule has 1 N–H and O–H groups in total. The quantitative estimate of drug-likeness (QED) is 0.525. The second-order valence-electron chi connectivity index (χ2n) is 7.77. The van der Waals surface area contributed by atoms with Gasteiger partial charge in [0.1, 0.15) is 0 Å². The van der Waals surface area contributed by atoms with Gasteiger partial charge in [-0.05, 0) is 41.3 Å². The summed E-state index contributed by atoms with van der Waals surface area (Å²) >= 11 is 0. The monoisotopic (exact) mass is 415 g/mol. The standard InChI is InChI=1S/C23H26FNO5/c1-23(2,3)17-8-5-15(6-9-17)22(28)25-12-11-21(27)30-14-19(26)16-7-10-20(29-4)18(24)13-16/h5-10,13H,11-12,14H2,1-4H3,(H,25,28). The van der Waals surface area contributed by atoms with Crippen LogP contribution in [0.4, 0.5) is 4.39 Å².